The smallest absolute Gasteiger partial charge is 0.0930 e. The molecule has 0 radical (unpaired) electrons. The Hall–Kier alpha value is -0.410. The quantitative estimate of drug-likeness (QED) is 0.806. The van der Waals surface area contributed by atoms with Gasteiger partial charge in [-0.05, 0) is 17.9 Å². The van der Waals surface area contributed by atoms with Crippen LogP contribution in [0.25, 0.3) is 0 Å². The van der Waals surface area contributed by atoms with Gasteiger partial charge in [0.05, 0.1) is 5.01 Å². The summed E-state index contributed by atoms with van der Waals surface area (Å²) in [5, 5.41) is 6.80. The van der Waals surface area contributed by atoms with Crippen LogP contribution in [0.15, 0.2) is 11.6 Å². The average molecular weight is 226 g/mol. The van der Waals surface area contributed by atoms with Crippen molar-refractivity contribution in [2.24, 2.45) is 11.3 Å². The van der Waals surface area contributed by atoms with E-state index >= 15 is 0 Å². The van der Waals surface area contributed by atoms with E-state index in [0.29, 0.717) is 5.41 Å². The highest BCUT2D eigenvalue weighted by atomic mass is 32.1. The zero-order valence-corrected chi connectivity index (χ0v) is 11.0. The third kappa shape index (κ3) is 5.28. The van der Waals surface area contributed by atoms with Gasteiger partial charge in [0.15, 0.2) is 0 Å². The van der Waals surface area contributed by atoms with Crippen molar-refractivity contribution in [1.82, 2.24) is 10.3 Å². The highest BCUT2D eigenvalue weighted by molar-refractivity contribution is 7.09. The molecule has 86 valence electrons. The molecule has 0 fully saturated rings. The van der Waals surface area contributed by atoms with Crippen molar-refractivity contribution in [3.8, 4) is 0 Å². The zero-order chi connectivity index (χ0) is 11.3. The second kappa shape index (κ2) is 5.61. The molecular weight excluding hydrogens is 204 g/mol. The van der Waals surface area contributed by atoms with Gasteiger partial charge in [0.1, 0.15) is 0 Å². The van der Waals surface area contributed by atoms with Crippen LogP contribution < -0.4 is 5.32 Å². The molecule has 15 heavy (non-hydrogen) atoms. The predicted octanol–water partition coefficient (Wildman–Crippen LogP) is 2.96. The Morgan fingerprint density at radius 2 is 2.20 bits per heavy atom. The van der Waals surface area contributed by atoms with Gasteiger partial charge in [0.25, 0.3) is 0 Å². The molecule has 1 aromatic heterocycles. The Morgan fingerprint density at radius 1 is 1.47 bits per heavy atom. The van der Waals surface area contributed by atoms with E-state index < -0.39 is 0 Å². The molecule has 0 saturated heterocycles. The highest BCUT2D eigenvalue weighted by Gasteiger charge is 2.19. The summed E-state index contributed by atoms with van der Waals surface area (Å²) in [4.78, 5) is 4.34. The number of thiazole rings is 1. The second-order valence-electron chi connectivity index (χ2n) is 5.29. The van der Waals surface area contributed by atoms with Gasteiger partial charge in [0, 0.05) is 24.5 Å². The summed E-state index contributed by atoms with van der Waals surface area (Å²) in [6, 6.07) is 0. The monoisotopic (exact) mass is 226 g/mol. The fourth-order valence-corrected chi connectivity index (χ4v) is 2.39. The van der Waals surface area contributed by atoms with Crippen LogP contribution in [0.5, 0.6) is 0 Å². The van der Waals surface area contributed by atoms with E-state index in [2.05, 4.69) is 38.0 Å². The molecule has 0 aromatic carbocycles. The lowest BCUT2D eigenvalue weighted by molar-refractivity contribution is 0.330. The minimum Gasteiger partial charge on any atom is -0.316 e. The Bertz CT molecular complexity index is 265. The van der Waals surface area contributed by atoms with E-state index in [1.54, 1.807) is 11.3 Å². The van der Waals surface area contributed by atoms with Crippen LogP contribution >= 0.6 is 11.3 Å². The summed E-state index contributed by atoms with van der Waals surface area (Å²) in [6.45, 7) is 11.2. The molecule has 0 spiro atoms. The Labute approximate surface area is 97.1 Å². The van der Waals surface area contributed by atoms with Crippen LogP contribution in [0.4, 0.5) is 0 Å². The molecule has 2 nitrogen and oxygen atoms in total. The number of hydrogen-bond donors (Lipinski definition) is 1. The molecule has 0 saturated carbocycles. The van der Waals surface area contributed by atoms with Gasteiger partial charge >= 0.3 is 0 Å². The third-order valence-electron chi connectivity index (χ3n) is 2.27. The molecule has 0 bridgehead atoms. The number of nitrogens with zero attached hydrogens (tertiary/aromatic N) is 1. The maximum Gasteiger partial charge on any atom is 0.0930 e. The maximum atomic E-state index is 4.34. The van der Waals surface area contributed by atoms with E-state index in [4.69, 9.17) is 0 Å². The van der Waals surface area contributed by atoms with Crippen molar-refractivity contribution in [2.75, 3.05) is 13.1 Å². The lowest BCUT2D eigenvalue weighted by atomic mass is 9.89. The standard InChI is InChI=1S/C12H22N2S/c1-10(2)8-13-9-12(3,4)7-11-14-5-6-15-11/h5-6,10,13H,7-9H2,1-4H3. The van der Waals surface area contributed by atoms with Crippen LogP contribution in [0.3, 0.4) is 0 Å². The van der Waals surface area contributed by atoms with Crippen LogP contribution in [0.1, 0.15) is 32.7 Å². The summed E-state index contributed by atoms with van der Waals surface area (Å²) in [5.74, 6) is 0.723. The van der Waals surface area contributed by atoms with Gasteiger partial charge in [-0.3, -0.25) is 0 Å². The van der Waals surface area contributed by atoms with Crippen LogP contribution in [0, 0.1) is 11.3 Å². The van der Waals surface area contributed by atoms with Crippen LogP contribution in [-0.2, 0) is 6.42 Å². The molecule has 3 heteroatoms. The lowest BCUT2D eigenvalue weighted by Crippen LogP contribution is -2.33. The molecule has 0 aliphatic rings. The summed E-state index contributed by atoms with van der Waals surface area (Å²) in [7, 11) is 0. The fraction of sp³-hybridized carbons (Fsp3) is 0.750. The van der Waals surface area contributed by atoms with E-state index in [1.165, 1.54) is 5.01 Å². The molecule has 1 heterocycles. The maximum absolute atomic E-state index is 4.34. The number of aromatic nitrogens is 1. The summed E-state index contributed by atoms with van der Waals surface area (Å²) in [6.07, 6.45) is 2.95. The molecule has 1 N–H and O–H groups in total. The normalized spacial score (nSPS) is 12.3. The Kier molecular flexibility index (Phi) is 4.74. The third-order valence-corrected chi connectivity index (χ3v) is 3.05. The van der Waals surface area contributed by atoms with Gasteiger partial charge in [-0.1, -0.05) is 27.7 Å². The van der Waals surface area contributed by atoms with E-state index in [9.17, 15) is 0 Å². The van der Waals surface area contributed by atoms with E-state index in [0.717, 1.165) is 25.4 Å². The molecule has 0 atom stereocenters. The molecule has 0 amide bonds. The van der Waals surface area contributed by atoms with Crippen LogP contribution in [0.2, 0.25) is 0 Å². The van der Waals surface area contributed by atoms with E-state index in [1.807, 2.05) is 11.6 Å². The summed E-state index contributed by atoms with van der Waals surface area (Å²) >= 11 is 1.75. The predicted molar refractivity (Wildman–Crippen MR) is 67.3 cm³/mol. The second-order valence-corrected chi connectivity index (χ2v) is 6.27. The minimum absolute atomic E-state index is 0.298. The van der Waals surface area contributed by atoms with Crippen molar-refractivity contribution in [3.05, 3.63) is 16.6 Å². The lowest BCUT2D eigenvalue weighted by Gasteiger charge is -2.24. The van der Waals surface area contributed by atoms with Gasteiger partial charge in [-0.2, -0.15) is 0 Å². The number of nitrogens with one attached hydrogen (secondary N) is 1. The number of rotatable bonds is 6. The van der Waals surface area contributed by atoms with Crippen molar-refractivity contribution < 1.29 is 0 Å². The van der Waals surface area contributed by atoms with Crippen molar-refractivity contribution in [2.45, 2.75) is 34.1 Å². The zero-order valence-electron chi connectivity index (χ0n) is 10.2. The first-order valence-corrected chi connectivity index (χ1v) is 6.47. The molecule has 1 rings (SSSR count). The van der Waals surface area contributed by atoms with Crippen molar-refractivity contribution in [3.63, 3.8) is 0 Å². The van der Waals surface area contributed by atoms with Gasteiger partial charge in [-0.15, -0.1) is 11.3 Å². The average Bonchev–Trinajstić information content (AvgIpc) is 2.54. The topological polar surface area (TPSA) is 24.9 Å². The van der Waals surface area contributed by atoms with Crippen molar-refractivity contribution >= 4 is 11.3 Å². The first-order valence-electron chi connectivity index (χ1n) is 5.59. The largest absolute Gasteiger partial charge is 0.316 e. The summed E-state index contributed by atoms with van der Waals surface area (Å²) < 4.78 is 0. The fourth-order valence-electron chi connectivity index (χ4n) is 1.51. The van der Waals surface area contributed by atoms with Gasteiger partial charge in [0.2, 0.25) is 0 Å². The minimum atomic E-state index is 0.298. The van der Waals surface area contributed by atoms with Gasteiger partial charge in [-0.25, -0.2) is 4.98 Å². The first kappa shape index (κ1) is 12.7. The Morgan fingerprint density at radius 3 is 2.73 bits per heavy atom. The Balaban J connectivity index is 2.32. The number of hydrogen-bond acceptors (Lipinski definition) is 3. The SMILES string of the molecule is CC(C)CNCC(C)(C)Cc1nccs1. The van der Waals surface area contributed by atoms with E-state index in [-0.39, 0.29) is 0 Å². The molecule has 1 aromatic rings. The molecule has 0 aliphatic carbocycles. The molecule has 0 aliphatic heterocycles. The molecule has 0 unspecified atom stereocenters. The van der Waals surface area contributed by atoms with Gasteiger partial charge < -0.3 is 5.32 Å². The highest BCUT2D eigenvalue weighted by Crippen LogP contribution is 2.22. The van der Waals surface area contributed by atoms with Crippen LogP contribution in [-0.4, -0.2) is 18.1 Å². The molecular formula is C12H22N2S. The first-order chi connectivity index (χ1) is 6.99. The van der Waals surface area contributed by atoms with Crippen molar-refractivity contribution in [1.29, 1.82) is 0 Å². The summed E-state index contributed by atoms with van der Waals surface area (Å²) in [5.41, 5.74) is 0.298.